The van der Waals surface area contributed by atoms with Gasteiger partial charge in [-0.1, -0.05) is 0 Å². The van der Waals surface area contributed by atoms with E-state index in [1.54, 1.807) is 24.8 Å². The van der Waals surface area contributed by atoms with Crippen molar-refractivity contribution in [2.75, 3.05) is 43.1 Å². The van der Waals surface area contributed by atoms with Crippen LogP contribution < -0.4 is 15.0 Å². The van der Waals surface area contributed by atoms with Gasteiger partial charge in [-0.25, -0.2) is 15.0 Å². The molecular formula is C21H24N6O2. The van der Waals surface area contributed by atoms with Gasteiger partial charge in [-0.3, -0.25) is 4.98 Å². The monoisotopic (exact) mass is 392 g/mol. The van der Waals surface area contributed by atoms with E-state index in [0.717, 1.165) is 61.6 Å². The van der Waals surface area contributed by atoms with E-state index in [-0.39, 0.29) is 0 Å². The zero-order valence-electron chi connectivity index (χ0n) is 16.2. The van der Waals surface area contributed by atoms with Gasteiger partial charge in [0.1, 0.15) is 11.3 Å². The van der Waals surface area contributed by atoms with Gasteiger partial charge in [-0.15, -0.1) is 0 Å². The molecule has 2 fully saturated rings. The highest BCUT2D eigenvalue weighted by molar-refractivity contribution is 5.85. The summed E-state index contributed by atoms with van der Waals surface area (Å²) in [4.78, 5) is 19.8. The van der Waals surface area contributed by atoms with Crippen LogP contribution in [0.4, 0.5) is 11.6 Å². The number of nitrogens with zero attached hydrogens (tertiary/aromatic N) is 5. The summed E-state index contributed by atoms with van der Waals surface area (Å²) < 4.78 is 11.7. The molecule has 0 radical (unpaired) electrons. The summed E-state index contributed by atoms with van der Waals surface area (Å²) in [6.45, 7) is 3.92. The van der Waals surface area contributed by atoms with Crippen LogP contribution in [-0.2, 0) is 4.74 Å². The molecule has 1 aromatic carbocycles. The lowest BCUT2D eigenvalue weighted by Crippen LogP contribution is -2.38. The first-order chi connectivity index (χ1) is 14.3. The molecule has 1 saturated heterocycles. The quantitative estimate of drug-likeness (QED) is 0.685. The molecule has 2 aliphatic rings. The molecule has 3 aromatic rings. The Bertz CT molecular complexity index is 958. The maximum atomic E-state index is 6.23. The van der Waals surface area contributed by atoms with E-state index in [1.807, 2.05) is 6.07 Å². The van der Waals surface area contributed by atoms with E-state index >= 15 is 0 Å². The van der Waals surface area contributed by atoms with Crippen LogP contribution in [0.5, 0.6) is 5.75 Å². The summed E-state index contributed by atoms with van der Waals surface area (Å²) in [5, 5.41) is 3.37. The average Bonchev–Trinajstić information content (AvgIpc) is 2.76. The van der Waals surface area contributed by atoms with Gasteiger partial charge in [0.05, 0.1) is 25.3 Å². The van der Waals surface area contributed by atoms with Gasteiger partial charge in [0, 0.05) is 55.7 Å². The van der Waals surface area contributed by atoms with Crippen LogP contribution in [0.1, 0.15) is 12.8 Å². The minimum atomic E-state index is 0.405. The molecule has 3 heterocycles. The lowest BCUT2D eigenvalue weighted by atomic mass is 9.81. The lowest BCUT2D eigenvalue weighted by molar-refractivity contribution is 0.122. The van der Waals surface area contributed by atoms with Crippen molar-refractivity contribution in [3.8, 4) is 5.75 Å². The highest BCUT2D eigenvalue weighted by atomic mass is 16.5. The van der Waals surface area contributed by atoms with Crippen LogP contribution in [0.15, 0.2) is 43.0 Å². The van der Waals surface area contributed by atoms with Gasteiger partial charge >= 0.3 is 0 Å². The number of nitrogens with one attached hydrogen (secondary N) is 1. The van der Waals surface area contributed by atoms with Gasteiger partial charge in [0.2, 0.25) is 5.95 Å². The fourth-order valence-electron chi connectivity index (χ4n) is 3.90. The molecule has 5 rings (SSSR count). The number of morpholine rings is 1. The van der Waals surface area contributed by atoms with Crippen molar-refractivity contribution in [1.82, 2.24) is 19.9 Å². The van der Waals surface area contributed by atoms with Crippen LogP contribution in [-0.4, -0.2) is 58.9 Å². The minimum Gasteiger partial charge on any atom is -0.491 e. The Hall–Kier alpha value is -3.00. The number of fused-ring (bicyclic) bond motifs is 1. The third-order valence-corrected chi connectivity index (χ3v) is 5.51. The van der Waals surface area contributed by atoms with Gasteiger partial charge in [0.15, 0.2) is 0 Å². The molecular weight excluding hydrogens is 368 g/mol. The third kappa shape index (κ3) is 4.07. The van der Waals surface area contributed by atoms with E-state index in [0.29, 0.717) is 24.5 Å². The van der Waals surface area contributed by atoms with Crippen LogP contribution in [0.2, 0.25) is 0 Å². The molecule has 8 nitrogen and oxygen atoms in total. The number of ether oxygens (including phenoxy) is 2. The molecule has 0 bridgehead atoms. The summed E-state index contributed by atoms with van der Waals surface area (Å²) in [6, 6.07) is 6.40. The first-order valence-corrected chi connectivity index (χ1v) is 10.1. The van der Waals surface area contributed by atoms with Crippen molar-refractivity contribution in [3.63, 3.8) is 0 Å². The molecule has 1 N–H and O–H groups in total. The molecule has 1 saturated carbocycles. The molecule has 0 unspecified atom stereocenters. The van der Waals surface area contributed by atoms with Crippen molar-refractivity contribution in [2.24, 2.45) is 5.92 Å². The first-order valence-electron chi connectivity index (χ1n) is 10.1. The van der Waals surface area contributed by atoms with E-state index in [9.17, 15) is 0 Å². The standard InChI is InChI=1S/C21H24N6O2/c1-2-24-21(25-3-1)26-16-10-15(11-16)14-29-19-13-17(27-6-8-28-9-7-27)12-18-20(19)23-5-4-22-18/h1-5,12-13,15-16H,6-11,14H2,(H,24,25,26). The zero-order valence-corrected chi connectivity index (χ0v) is 16.2. The number of hydrogen-bond acceptors (Lipinski definition) is 8. The van der Waals surface area contributed by atoms with E-state index in [4.69, 9.17) is 9.47 Å². The SMILES string of the molecule is c1cnc(NC2CC(COc3cc(N4CCOCC4)cc4nccnc34)C2)nc1. The van der Waals surface area contributed by atoms with Crippen LogP contribution in [0.25, 0.3) is 11.0 Å². The summed E-state index contributed by atoms with van der Waals surface area (Å²) in [6.07, 6.45) is 9.04. The van der Waals surface area contributed by atoms with Crippen molar-refractivity contribution < 1.29 is 9.47 Å². The van der Waals surface area contributed by atoms with Crippen LogP contribution in [0, 0.1) is 5.92 Å². The molecule has 150 valence electrons. The highest BCUT2D eigenvalue weighted by Crippen LogP contribution is 2.33. The number of rotatable bonds is 6. The average molecular weight is 392 g/mol. The van der Waals surface area contributed by atoms with Crippen molar-refractivity contribution >= 4 is 22.7 Å². The lowest BCUT2D eigenvalue weighted by Gasteiger charge is -2.35. The predicted octanol–water partition coefficient (Wildman–Crippen LogP) is 2.53. The van der Waals surface area contributed by atoms with E-state index < -0.39 is 0 Å². The van der Waals surface area contributed by atoms with Gasteiger partial charge in [0.25, 0.3) is 0 Å². The highest BCUT2D eigenvalue weighted by Gasteiger charge is 2.30. The van der Waals surface area contributed by atoms with E-state index in [2.05, 4.69) is 42.3 Å². The summed E-state index contributed by atoms with van der Waals surface area (Å²) in [5.74, 6) is 2.01. The van der Waals surface area contributed by atoms with Crippen LogP contribution >= 0.6 is 0 Å². The van der Waals surface area contributed by atoms with Gasteiger partial charge < -0.3 is 19.7 Å². The zero-order chi connectivity index (χ0) is 19.5. The fourth-order valence-corrected chi connectivity index (χ4v) is 3.90. The summed E-state index contributed by atoms with van der Waals surface area (Å²) >= 11 is 0. The Kier molecular flexibility index (Phi) is 5.08. The number of benzene rings is 1. The molecule has 0 amide bonds. The van der Waals surface area contributed by atoms with Crippen LogP contribution in [0.3, 0.4) is 0 Å². The molecule has 29 heavy (non-hydrogen) atoms. The Labute approximate surface area is 169 Å². The number of anilines is 2. The maximum absolute atomic E-state index is 6.23. The predicted molar refractivity (Wildman–Crippen MR) is 110 cm³/mol. The molecule has 0 atom stereocenters. The second kappa shape index (κ2) is 8.16. The Morgan fingerprint density at radius 1 is 1.00 bits per heavy atom. The number of hydrogen-bond donors (Lipinski definition) is 1. The smallest absolute Gasteiger partial charge is 0.222 e. The largest absolute Gasteiger partial charge is 0.491 e. The first kappa shape index (κ1) is 18.1. The van der Waals surface area contributed by atoms with Gasteiger partial charge in [-0.2, -0.15) is 0 Å². The molecule has 8 heteroatoms. The Morgan fingerprint density at radius 3 is 2.62 bits per heavy atom. The summed E-state index contributed by atoms with van der Waals surface area (Å²) in [7, 11) is 0. The van der Waals surface area contributed by atoms with Crippen molar-refractivity contribution in [2.45, 2.75) is 18.9 Å². The second-order valence-corrected chi connectivity index (χ2v) is 7.53. The molecule has 1 aliphatic heterocycles. The number of aromatic nitrogens is 4. The maximum Gasteiger partial charge on any atom is 0.222 e. The molecule has 0 spiro atoms. The summed E-state index contributed by atoms with van der Waals surface area (Å²) in [5.41, 5.74) is 2.79. The Morgan fingerprint density at radius 2 is 1.79 bits per heavy atom. The normalized spacial score (nSPS) is 21.6. The fraction of sp³-hybridized carbons (Fsp3) is 0.429. The molecule has 1 aliphatic carbocycles. The van der Waals surface area contributed by atoms with Crippen molar-refractivity contribution in [1.29, 1.82) is 0 Å². The second-order valence-electron chi connectivity index (χ2n) is 7.53. The third-order valence-electron chi connectivity index (χ3n) is 5.51. The van der Waals surface area contributed by atoms with E-state index in [1.165, 1.54) is 0 Å². The minimum absolute atomic E-state index is 0.405. The van der Waals surface area contributed by atoms with Gasteiger partial charge in [-0.05, 0) is 30.9 Å². The topological polar surface area (TPSA) is 85.3 Å². The Balaban J connectivity index is 1.24. The van der Waals surface area contributed by atoms with Crippen molar-refractivity contribution in [3.05, 3.63) is 43.0 Å². The molecule has 2 aromatic heterocycles.